The Bertz CT molecular complexity index is 683. The van der Waals surface area contributed by atoms with Gasteiger partial charge in [0.15, 0.2) is 0 Å². The fourth-order valence-corrected chi connectivity index (χ4v) is 2.44. The highest BCUT2D eigenvalue weighted by atomic mass is 16.6. The van der Waals surface area contributed by atoms with E-state index in [9.17, 15) is 14.4 Å². The number of amides is 2. The number of methoxy groups -OCH3 is 1. The van der Waals surface area contributed by atoms with Gasteiger partial charge in [0.05, 0.1) is 13.5 Å². The molecule has 0 spiro atoms. The number of nitrogens with zero attached hydrogens (tertiary/aromatic N) is 2. The van der Waals surface area contributed by atoms with Crippen LogP contribution >= 0.6 is 0 Å². The lowest BCUT2D eigenvalue weighted by molar-refractivity contribution is -0.140. The molecule has 0 atom stereocenters. The van der Waals surface area contributed by atoms with Crippen LogP contribution in [0.3, 0.4) is 0 Å². The van der Waals surface area contributed by atoms with Gasteiger partial charge in [-0.05, 0) is 51.5 Å². The number of hydrogen-bond acceptors (Lipinski definition) is 6. The van der Waals surface area contributed by atoms with E-state index in [1.54, 1.807) is 43.3 Å². The van der Waals surface area contributed by atoms with E-state index in [0.29, 0.717) is 31.6 Å². The molecule has 0 aliphatic carbocycles. The lowest BCUT2D eigenvalue weighted by atomic mass is 10.1. The van der Waals surface area contributed by atoms with E-state index in [1.165, 1.54) is 12.0 Å². The predicted molar refractivity (Wildman–Crippen MR) is 112 cm³/mol. The number of ether oxygens (including phenoxy) is 2. The highest BCUT2D eigenvalue weighted by Crippen LogP contribution is 2.12. The Morgan fingerprint density at radius 3 is 2.14 bits per heavy atom. The highest BCUT2D eigenvalue weighted by molar-refractivity contribution is 5.94. The maximum atomic E-state index is 12.5. The third kappa shape index (κ3) is 9.32. The quantitative estimate of drug-likeness (QED) is 0.633. The normalized spacial score (nSPS) is 10.8. The Hall–Kier alpha value is -2.77. The first-order chi connectivity index (χ1) is 13.5. The van der Waals surface area contributed by atoms with Crippen LogP contribution in [-0.2, 0) is 14.3 Å². The minimum atomic E-state index is -0.529. The molecule has 8 heteroatoms. The lowest BCUT2D eigenvalue weighted by Gasteiger charge is -2.25. The molecule has 0 heterocycles. The van der Waals surface area contributed by atoms with Gasteiger partial charge < -0.3 is 24.6 Å². The maximum Gasteiger partial charge on any atom is 0.410 e. The van der Waals surface area contributed by atoms with Crippen LogP contribution in [0.2, 0.25) is 0 Å². The fraction of sp³-hybridized carbons (Fsp3) is 0.571. The molecule has 162 valence electrons. The number of nitrogens with one attached hydrogen (secondary N) is 1. The van der Waals surface area contributed by atoms with Crippen molar-refractivity contribution in [3.05, 3.63) is 29.8 Å². The first-order valence-corrected chi connectivity index (χ1v) is 9.64. The van der Waals surface area contributed by atoms with Crippen molar-refractivity contribution in [3.63, 3.8) is 0 Å². The van der Waals surface area contributed by atoms with Crippen molar-refractivity contribution < 1.29 is 23.9 Å². The second-order valence-corrected chi connectivity index (χ2v) is 7.81. The van der Waals surface area contributed by atoms with Gasteiger partial charge in [0, 0.05) is 45.0 Å². The average molecular weight is 408 g/mol. The van der Waals surface area contributed by atoms with Gasteiger partial charge in [-0.2, -0.15) is 0 Å². The highest BCUT2D eigenvalue weighted by Gasteiger charge is 2.19. The summed E-state index contributed by atoms with van der Waals surface area (Å²) in [7, 11) is 4.77. The van der Waals surface area contributed by atoms with Crippen molar-refractivity contribution in [2.75, 3.05) is 46.2 Å². The van der Waals surface area contributed by atoms with Crippen LogP contribution in [0.4, 0.5) is 10.5 Å². The first kappa shape index (κ1) is 24.3. The second-order valence-electron chi connectivity index (χ2n) is 7.81. The van der Waals surface area contributed by atoms with Crippen molar-refractivity contribution in [1.82, 2.24) is 9.80 Å². The van der Waals surface area contributed by atoms with Gasteiger partial charge in [-0.1, -0.05) is 0 Å². The summed E-state index contributed by atoms with van der Waals surface area (Å²) in [6.07, 6.45) is 0.546. The summed E-state index contributed by atoms with van der Waals surface area (Å²) >= 11 is 0. The van der Waals surface area contributed by atoms with Gasteiger partial charge in [0.1, 0.15) is 5.60 Å². The molecule has 8 nitrogen and oxygen atoms in total. The van der Waals surface area contributed by atoms with Crippen LogP contribution in [-0.4, -0.2) is 74.2 Å². The number of esters is 1. The summed E-state index contributed by atoms with van der Waals surface area (Å²) in [6, 6.07) is 7.08. The zero-order valence-corrected chi connectivity index (χ0v) is 18.3. The molecule has 0 unspecified atom stereocenters. The van der Waals surface area contributed by atoms with Gasteiger partial charge in [0.25, 0.3) is 5.91 Å². The molecule has 29 heavy (non-hydrogen) atoms. The van der Waals surface area contributed by atoms with Crippen LogP contribution < -0.4 is 5.32 Å². The van der Waals surface area contributed by atoms with Crippen LogP contribution in [0, 0.1) is 0 Å². The molecule has 1 aromatic rings. The first-order valence-electron chi connectivity index (χ1n) is 9.64. The van der Waals surface area contributed by atoms with E-state index < -0.39 is 5.60 Å². The topological polar surface area (TPSA) is 88.2 Å². The van der Waals surface area contributed by atoms with Gasteiger partial charge in [-0.25, -0.2) is 4.79 Å². The van der Waals surface area contributed by atoms with E-state index in [0.717, 1.165) is 5.69 Å². The number of hydrogen-bond donors (Lipinski definition) is 1. The fourth-order valence-electron chi connectivity index (χ4n) is 2.44. The third-order valence-electron chi connectivity index (χ3n) is 4.06. The average Bonchev–Trinajstić information content (AvgIpc) is 2.66. The van der Waals surface area contributed by atoms with Crippen molar-refractivity contribution in [2.24, 2.45) is 0 Å². The molecule has 1 N–H and O–H groups in total. The minimum Gasteiger partial charge on any atom is -0.469 e. The molecular formula is C21H33N3O5. The van der Waals surface area contributed by atoms with Crippen molar-refractivity contribution in [3.8, 4) is 0 Å². The van der Waals surface area contributed by atoms with Crippen LogP contribution in [0.5, 0.6) is 0 Å². The Kier molecular flexibility index (Phi) is 9.44. The van der Waals surface area contributed by atoms with E-state index in [4.69, 9.17) is 4.74 Å². The van der Waals surface area contributed by atoms with E-state index in [-0.39, 0.29) is 24.4 Å². The zero-order chi connectivity index (χ0) is 22.0. The van der Waals surface area contributed by atoms with Gasteiger partial charge in [-0.3, -0.25) is 9.59 Å². The van der Waals surface area contributed by atoms with Gasteiger partial charge in [0.2, 0.25) is 0 Å². The SMILES string of the molecule is COC(=O)CCNc1ccc(C(=O)N(C)CCCN(C)C(=O)OC(C)(C)C)cc1. The summed E-state index contributed by atoms with van der Waals surface area (Å²) in [6.45, 7) is 6.95. The number of anilines is 1. The van der Waals surface area contributed by atoms with Crippen molar-refractivity contribution in [1.29, 1.82) is 0 Å². The monoisotopic (exact) mass is 407 g/mol. The molecular weight excluding hydrogens is 374 g/mol. The van der Waals surface area contributed by atoms with Crippen LogP contribution in [0.15, 0.2) is 24.3 Å². The largest absolute Gasteiger partial charge is 0.469 e. The third-order valence-corrected chi connectivity index (χ3v) is 4.06. The molecule has 0 saturated carbocycles. The predicted octanol–water partition coefficient (Wildman–Crippen LogP) is 2.99. The minimum absolute atomic E-state index is 0.0916. The Balaban J connectivity index is 2.43. The number of rotatable bonds is 9. The Morgan fingerprint density at radius 2 is 1.59 bits per heavy atom. The summed E-state index contributed by atoms with van der Waals surface area (Å²) in [5, 5.41) is 3.10. The summed E-state index contributed by atoms with van der Waals surface area (Å²) in [5.74, 6) is -0.366. The number of carbonyl (C=O) groups is 3. The van der Waals surface area contributed by atoms with Gasteiger partial charge >= 0.3 is 12.1 Å². The smallest absolute Gasteiger partial charge is 0.410 e. The molecule has 0 aliphatic heterocycles. The summed E-state index contributed by atoms with van der Waals surface area (Å²) < 4.78 is 9.90. The zero-order valence-electron chi connectivity index (χ0n) is 18.3. The molecule has 1 aromatic carbocycles. The summed E-state index contributed by atoms with van der Waals surface area (Å²) in [4.78, 5) is 38.7. The molecule has 0 radical (unpaired) electrons. The molecule has 1 rings (SSSR count). The van der Waals surface area contributed by atoms with Gasteiger partial charge in [-0.15, -0.1) is 0 Å². The van der Waals surface area contributed by atoms with E-state index in [1.807, 2.05) is 20.8 Å². The lowest BCUT2D eigenvalue weighted by Crippen LogP contribution is -2.36. The molecule has 0 aliphatic rings. The number of carbonyl (C=O) groups excluding carboxylic acids is 3. The van der Waals surface area contributed by atoms with E-state index in [2.05, 4.69) is 10.1 Å². The maximum absolute atomic E-state index is 12.5. The Morgan fingerprint density at radius 1 is 1.00 bits per heavy atom. The summed E-state index contributed by atoms with van der Waals surface area (Å²) in [5.41, 5.74) is 0.872. The molecule has 0 saturated heterocycles. The standard InChI is InChI=1S/C21H33N3O5/c1-21(2,3)29-20(27)24(5)15-7-14-23(4)19(26)16-8-10-17(11-9-16)22-13-12-18(25)28-6/h8-11,22H,7,12-15H2,1-6H3. The Labute approximate surface area is 173 Å². The molecule has 0 aromatic heterocycles. The van der Waals surface area contributed by atoms with Crippen molar-refractivity contribution in [2.45, 2.75) is 39.2 Å². The molecule has 0 fully saturated rings. The van der Waals surface area contributed by atoms with Crippen LogP contribution in [0.1, 0.15) is 44.0 Å². The molecule has 0 bridgehead atoms. The molecule has 2 amide bonds. The van der Waals surface area contributed by atoms with E-state index >= 15 is 0 Å². The van der Waals surface area contributed by atoms with Crippen molar-refractivity contribution >= 4 is 23.7 Å². The second kappa shape index (κ2) is 11.3. The van der Waals surface area contributed by atoms with Crippen LogP contribution in [0.25, 0.3) is 0 Å². The number of benzene rings is 1.